The molecule has 5 heteroatoms. The molecule has 0 unspecified atom stereocenters. The maximum atomic E-state index is 5.90. The van der Waals surface area contributed by atoms with Gasteiger partial charge in [-0.3, -0.25) is 0 Å². The average Bonchev–Trinajstić information content (AvgIpc) is 2.83. The largest absolute Gasteiger partial charge is 0.385 e. The van der Waals surface area contributed by atoms with Crippen molar-refractivity contribution in [3.63, 3.8) is 0 Å². The molecular formula is C16H22ClN3O. The molecule has 4 nitrogen and oxygen atoms in total. The van der Waals surface area contributed by atoms with Crippen LogP contribution in [0.15, 0.2) is 30.5 Å². The summed E-state index contributed by atoms with van der Waals surface area (Å²) in [6, 6.07) is 8.00. The predicted octanol–water partition coefficient (Wildman–Crippen LogP) is 3.54. The predicted molar refractivity (Wildman–Crippen MR) is 87.1 cm³/mol. The van der Waals surface area contributed by atoms with E-state index in [1.807, 2.05) is 19.1 Å². The van der Waals surface area contributed by atoms with Crippen LogP contribution < -0.4 is 5.32 Å². The summed E-state index contributed by atoms with van der Waals surface area (Å²) in [5.41, 5.74) is 2.30. The van der Waals surface area contributed by atoms with Crippen LogP contribution in [0.25, 0.3) is 0 Å². The number of methoxy groups -OCH3 is 1. The smallest absolute Gasteiger partial charge is 0.203 e. The molecule has 114 valence electrons. The highest BCUT2D eigenvalue weighted by Crippen LogP contribution is 2.13. The van der Waals surface area contributed by atoms with E-state index in [0.717, 1.165) is 49.2 Å². The quantitative estimate of drug-likeness (QED) is 0.758. The summed E-state index contributed by atoms with van der Waals surface area (Å²) in [5.74, 6) is 0.928. The van der Waals surface area contributed by atoms with E-state index >= 15 is 0 Å². The molecule has 0 bridgehead atoms. The number of halogens is 1. The van der Waals surface area contributed by atoms with Gasteiger partial charge in [0, 0.05) is 38.0 Å². The van der Waals surface area contributed by atoms with Gasteiger partial charge in [0.15, 0.2) is 0 Å². The molecule has 0 spiro atoms. The lowest BCUT2D eigenvalue weighted by molar-refractivity contribution is 0.197. The summed E-state index contributed by atoms with van der Waals surface area (Å²) >= 11 is 5.90. The fraction of sp³-hybridized carbons (Fsp3) is 0.438. The minimum absolute atomic E-state index is 0.761. The summed E-state index contributed by atoms with van der Waals surface area (Å²) in [5, 5.41) is 4.14. The van der Waals surface area contributed by atoms with Crippen LogP contribution >= 0.6 is 11.6 Å². The van der Waals surface area contributed by atoms with E-state index in [9.17, 15) is 0 Å². The average molecular weight is 308 g/mol. The van der Waals surface area contributed by atoms with Crippen LogP contribution in [0.4, 0.5) is 5.95 Å². The van der Waals surface area contributed by atoms with Gasteiger partial charge in [0.1, 0.15) is 0 Å². The summed E-state index contributed by atoms with van der Waals surface area (Å²) in [6.45, 7) is 4.54. The van der Waals surface area contributed by atoms with E-state index in [1.165, 1.54) is 5.56 Å². The number of ether oxygens (including phenoxy) is 1. The first-order valence-corrected chi connectivity index (χ1v) is 7.58. The first-order chi connectivity index (χ1) is 10.2. The van der Waals surface area contributed by atoms with Gasteiger partial charge < -0.3 is 14.6 Å². The third-order valence-corrected chi connectivity index (χ3v) is 3.51. The molecule has 0 radical (unpaired) electrons. The standard InChI is InChI=1S/C16H22ClN3O/c1-13-12-20(16(19-13)18-9-3-11-21-2)10-8-14-4-6-15(17)7-5-14/h4-7,12H,3,8-11H2,1-2H3,(H,18,19). The Balaban J connectivity index is 1.91. The molecular weight excluding hydrogens is 286 g/mol. The first-order valence-electron chi connectivity index (χ1n) is 7.20. The number of benzene rings is 1. The fourth-order valence-electron chi connectivity index (χ4n) is 2.18. The molecule has 0 aliphatic heterocycles. The van der Waals surface area contributed by atoms with Crippen LogP contribution in [0.1, 0.15) is 17.7 Å². The van der Waals surface area contributed by atoms with Gasteiger partial charge in [-0.2, -0.15) is 0 Å². The van der Waals surface area contributed by atoms with Crippen LogP contribution in [0.5, 0.6) is 0 Å². The Morgan fingerprint density at radius 1 is 1.29 bits per heavy atom. The number of aryl methyl sites for hydroxylation is 3. The molecule has 21 heavy (non-hydrogen) atoms. The molecule has 1 aromatic carbocycles. The molecule has 0 aliphatic rings. The highest BCUT2D eigenvalue weighted by atomic mass is 35.5. The fourth-order valence-corrected chi connectivity index (χ4v) is 2.30. The van der Waals surface area contributed by atoms with Crippen molar-refractivity contribution in [3.8, 4) is 0 Å². The molecule has 2 aromatic rings. The van der Waals surface area contributed by atoms with Crippen molar-refractivity contribution in [3.05, 3.63) is 46.7 Å². The molecule has 0 saturated heterocycles. The summed E-state index contributed by atoms with van der Waals surface area (Å²) in [6.07, 6.45) is 4.01. The second kappa shape index (κ2) is 8.05. The van der Waals surface area contributed by atoms with Crippen molar-refractivity contribution in [1.82, 2.24) is 9.55 Å². The Morgan fingerprint density at radius 3 is 2.76 bits per heavy atom. The SMILES string of the molecule is COCCCNc1nc(C)cn1CCc1ccc(Cl)cc1. The number of anilines is 1. The van der Waals surface area contributed by atoms with Crippen molar-refractivity contribution < 1.29 is 4.74 Å². The van der Waals surface area contributed by atoms with E-state index in [1.54, 1.807) is 7.11 Å². The van der Waals surface area contributed by atoms with Gasteiger partial charge >= 0.3 is 0 Å². The molecule has 2 rings (SSSR count). The summed E-state index contributed by atoms with van der Waals surface area (Å²) < 4.78 is 7.22. The number of nitrogens with one attached hydrogen (secondary N) is 1. The van der Waals surface area contributed by atoms with Crippen molar-refractivity contribution in [2.45, 2.75) is 26.3 Å². The third-order valence-electron chi connectivity index (χ3n) is 3.26. The van der Waals surface area contributed by atoms with Crippen molar-refractivity contribution >= 4 is 17.5 Å². The molecule has 0 fully saturated rings. The van der Waals surface area contributed by atoms with Crippen LogP contribution in [0, 0.1) is 6.92 Å². The van der Waals surface area contributed by atoms with Gasteiger partial charge in [0.05, 0.1) is 5.69 Å². The van der Waals surface area contributed by atoms with Gasteiger partial charge in [0.2, 0.25) is 5.95 Å². The van der Waals surface area contributed by atoms with Crippen LogP contribution in [-0.4, -0.2) is 29.8 Å². The van der Waals surface area contributed by atoms with Gasteiger partial charge in [-0.15, -0.1) is 0 Å². The Morgan fingerprint density at radius 2 is 2.05 bits per heavy atom. The van der Waals surface area contributed by atoms with Crippen LogP contribution in [0.2, 0.25) is 5.02 Å². The van der Waals surface area contributed by atoms with Crippen molar-refractivity contribution in [1.29, 1.82) is 0 Å². The number of rotatable bonds is 8. The topological polar surface area (TPSA) is 39.1 Å². The van der Waals surface area contributed by atoms with Crippen LogP contribution in [-0.2, 0) is 17.7 Å². The van der Waals surface area contributed by atoms with Crippen LogP contribution in [0.3, 0.4) is 0 Å². The summed E-state index contributed by atoms with van der Waals surface area (Å²) in [4.78, 5) is 4.52. The Hall–Kier alpha value is -1.52. The number of nitrogens with zero attached hydrogens (tertiary/aromatic N) is 2. The zero-order valence-electron chi connectivity index (χ0n) is 12.6. The van der Waals surface area contributed by atoms with E-state index in [-0.39, 0.29) is 0 Å². The maximum absolute atomic E-state index is 5.90. The number of hydrogen-bond acceptors (Lipinski definition) is 3. The zero-order chi connectivity index (χ0) is 15.1. The molecule has 0 aliphatic carbocycles. The third kappa shape index (κ3) is 5.06. The molecule has 0 saturated carbocycles. The van der Waals surface area contributed by atoms with E-state index in [2.05, 4.69) is 33.2 Å². The lowest BCUT2D eigenvalue weighted by atomic mass is 10.1. The Labute approximate surface area is 131 Å². The van der Waals surface area contributed by atoms with Gasteiger partial charge in [-0.25, -0.2) is 4.98 Å². The van der Waals surface area contributed by atoms with Crippen molar-refractivity contribution in [2.75, 3.05) is 25.6 Å². The lowest BCUT2D eigenvalue weighted by Crippen LogP contribution is -2.11. The number of aromatic nitrogens is 2. The number of hydrogen-bond donors (Lipinski definition) is 1. The lowest BCUT2D eigenvalue weighted by Gasteiger charge is -2.09. The number of imidazole rings is 1. The monoisotopic (exact) mass is 307 g/mol. The normalized spacial score (nSPS) is 10.8. The van der Waals surface area contributed by atoms with Gasteiger partial charge in [0.25, 0.3) is 0 Å². The van der Waals surface area contributed by atoms with Crippen molar-refractivity contribution in [2.24, 2.45) is 0 Å². The van der Waals surface area contributed by atoms with E-state index < -0.39 is 0 Å². The summed E-state index contributed by atoms with van der Waals surface area (Å²) in [7, 11) is 1.72. The molecule has 1 N–H and O–H groups in total. The zero-order valence-corrected chi connectivity index (χ0v) is 13.4. The molecule has 1 aromatic heterocycles. The second-order valence-corrected chi connectivity index (χ2v) is 5.49. The van der Waals surface area contributed by atoms with Gasteiger partial charge in [-0.05, 0) is 37.5 Å². The highest BCUT2D eigenvalue weighted by Gasteiger charge is 2.05. The Kier molecular flexibility index (Phi) is 6.08. The molecule has 0 atom stereocenters. The minimum Gasteiger partial charge on any atom is -0.385 e. The first kappa shape index (κ1) is 15.9. The van der Waals surface area contributed by atoms with E-state index in [0.29, 0.717) is 0 Å². The van der Waals surface area contributed by atoms with Gasteiger partial charge in [-0.1, -0.05) is 23.7 Å². The second-order valence-electron chi connectivity index (χ2n) is 5.05. The molecule has 0 amide bonds. The Bertz CT molecular complexity index is 551. The molecule has 1 heterocycles. The highest BCUT2D eigenvalue weighted by molar-refractivity contribution is 6.30. The van der Waals surface area contributed by atoms with E-state index in [4.69, 9.17) is 16.3 Å². The minimum atomic E-state index is 0.761. The maximum Gasteiger partial charge on any atom is 0.203 e.